The normalized spacial score (nSPS) is 26.2. The molecule has 3 atom stereocenters. The van der Waals surface area contributed by atoms with Gasteiger partial charge in [-0.05, 0) is 66.1 Å². The lowest BCUT2D eigenvalue weighted by Gasteiger charge is -2.44. The molecule has 5 rings (SSSR count). The Morgan fingerprint density at radius 2 is 1.79 bits per heavy atom. The minimum Gasteiger partial charge on any atom is -0.497 e. The highest BCUT2D eigenvalue weighted by Gasteiger charge is 2.48. The fourth-order valence-electron chi connectivity index (χ4n) is 5.93. The van der Waals surface area contributed by atoms with Gasteiger partial charge in [0.2, 0.25) is 0 Å². The number of hydrogen-bond acceptors (Lipinski definition) is 3. The third kappa shape index (κ3) is 3.24. The summed E-state index contributed by atoms with van der Waals surface area (Å²) < 4.78 is 5.60. The Balaban J connectivity index is 1.46. The highest BCUT2D eigenvalue weighted by Crippen LogP contribution is 2.52. The summed E-state index contributed by atoms with van der Waals surface area (Å²) in [6.45, 7) is 10.3. The van der Waals surface area contributed by atoms with Crippen LogP contribution in [-0.4, -0.2) is 31.1 Å². The van der Waals surface area contributed by atoms with Crippen LogP contribution >= 0.6 is 0 Å². The molecule has 0 aliphatic carbocycles. The van der Waals surface area contributed by atoms with Gasteiger partial charge in [-0.2, -0.15) is 0 Å². The van der Waals surface area contributed by atoms with Crippen molar-refractivity contribution in [3.8, 4) is 5.75 Å². The van der Waals surface area contributed by atoms with Crippen molar-refractivity contribution in [2.45, 2.75) is 64.1 Å². The van der Waals surface area contributed by atoms with Crippen LogP contribution in [0.1, 0.15) is 62.8 Å². The van der Waals surface area contributed by atoms with Gasteiger partial charge < -0.3 is 9.64 Å². The van der Waals surface area contributed by atoms with E-state index in [9.17, 15) is 0 Å². The van der Waals surface area contributed by atoms with Gasteiger partial charge >= 0.3 is 0 Å². The quantitative estimate of drug-likeness (QED) is 0.684. The Kier molecular flexibility index (Phi) is 4.62. The van der Waals surface area contributed by atoms with Gasteiger partial charge in [-0.25, -0.2) is 0 Å². The van der Waals surface area contributed by atoms with E-state index in [2.05, 4.69) is 73.0 Å². The minimum absolute atomic E-state index is 0.210. The standard InChI is InChI=1S/C26H34N2O/c1-26(2,3)19-9-7-18(8-10-19)17-27-15-13-21-23-6-5-14-28(23)24-12-11-20(29-4)16-22(24)25(21)27/h7-12,16,21,23,25H,5-6,13-15,17H2,1-4H3/t21-,23-,25-/m1/s1. The van der Waals surface area contributed by atoms with Gasteiger partial charge in [0, 0.05) is 36.8 Å². The number of fused-ring (bicyclic) bond motifs is 6. The summed E-state index contributed by atoms with van der Waals surface area (Å²) in [5.74, 6) is 1.73. The average molecular weight is 391 g/mol. The van der Waals surface area contributed by atoms with Crippen molar-refractivity contribution in [3.63, 3.8) is 0 Å². The molecular formula is C26H34N2O. The van der Waals surface area contributed by atoms with Crippen molar-refractivity contribution in [3.05, 3.63) is 59.2 Å². The number of methoxy groups -OCH3 is 1. The van der Waals surface area contributed by atoms with Crippen LogP contribution in [0.5, 0.6) is 5.75 Å². The summed E-state index contributed by atoms with van der Waals surface area (Å²) in [5.41, 5.74) is 5.98. The van der Waals surface area contributed by atoms with Crippen LogP contribution in [0.3, 0.4) is 0 Å². The number of nitrogens with zero attached hydrogens (tertiary/aromatic N) is 2. The van der Waals surface area contributed by atoms with Crippen LogP contribution in [0.4, 0.5) is 5.69 Å². The van der Waals surface area contributed by atoms with Gasteiger partial charge in [-0.3, -0.25) is 4.90 Å². The first-order chi connectivity index (χ1) is 14.0. The molecule has 0 amide bonds. The molecule has 3 aliphatic heterocycles. The zero-order valence-electron chi connectivity index (χ0n) is 18.3. The number of likely N-dealkylation sites (tertiary alicyclic amines) is 1. The molecule has 3 aliphatic rings. The zero-order valence-corrected chi connectivity index (χ0v) is 18.3. The molecule has 0 N–H and O–H groups in total. The van der Waals surface area contributed by atoms with E-state index in [-0.39, 0.29) is 5.41 Å². The van der Waals surface area contributed by atoms with E-state index in [1.165, 1.54) is 54.7 Å². The van der Waals surface area contributed by atoms with E-state index in [1.807, 2.05) is 0 Å². The van der Waals surface area contributed by atoms with Gasteiger partial charge in [0.25, 0.3) is 0 Å². The largest absolute Gasteiger partial charge is 0.497 e. The van der Waals surface area contributed by atoms with Crippen molar-refractivity contribution in [1.82, 2.24) is 4.90 Å². The first-order valence-electron chi connectivity index (χ1n) is 11.2. The molecule has 0 saturated carbocycles. The van der Waals surface area contributed by atoms with Gasteiger partial charge in [0.1, 0.15) is 5.75 Å². The van der Waals surface area contributed by atoms with Crippen LogP contribution < -0.4 is 9.64 Å². The van der Waals surface area contributed by atoms with Crippen LogP contribution in [0.2, 0.25) is 0 Å². The average Bonchev–Trinajstić information content (AvgIpc) is 3.35. The first kappa shape index (κ1) is 19.0. The number of benzene rings is 2. The smallest absolute Gasteiger partial charge is 0.119 e. The molecule has 2 aromatic rings. The predicted octanol–water partition coefficient (Wildman–Crippen LogP) is 5.54. The molecule has 154 valence electrons. The topological polar surface area (TPSA) is 15.7 Å². The van der Waals surface area contributed by atoms with E-state index in [0.29, 0.717) is 12.1 Å². The van der Waals surface area contributed by atoms with E-state index >= 15 is 0 Å². The van der Waals surface area contributed by atoms with Crippen molar-refractivity contribution < 1.29 is 4.74 Å². The molecule has 2 saturated heterocycles. The summed E-state index contributed by atoms with van der Waals surface area (Å²) in [4.78, 5) is 5.42. The zero-order chi connectivity index (χ0) is 20.2. The summed E-state index contributed by atoms with van der Waals surface area (Å²) in [7, 11) is 1.78. The molecule has 29 heavy (non-hydrogen) atoms. The lowest BCUT2D eigenvalue weighted by atomic mass is 9.81. The number of rotatable bonds is 3. The van der Waals surface area contributed by atoms with Gasteiger partial charge in [0.15, 0.2) is 0 Å². The van der Waals surface area contributed by atoms with Crippen LogP contribution in [-0.2, 0) is 12.0 Å². The maximum absolute atomic E-state index is 5.60. The van der Waals surface area contributed by atoms with E-state index in [0.717, 1.165) is 18.2 Å². The fraction of sp³-hybridized carbons (Fsp3) is 0.538. The Bertz CT molecular complexity index is 883. The molecule has 3 nitrogen and oxygen atoms in total. The summed E-state index contributed by atoms with van der Waals surface area (Å²) in [6, 6.07) is 17.3. The number of anilines is 1. The second kappa shape index (κ2) is 7.05. The first-order valence-corrected chi connectivity index (χ1v) is 11.2. The molecule has 0 aromatic heterocycles. The second-order valence-electron chi connectivity index (χ2n) is 10.1. The Hall–Kier alpha value is -2.00. The van der Waals surface area contributed by atoms with Crippen molar-refractivity contribution >= 4 is 5.69 Å². The Labute approximate surface area is 175 Å². The van der Waals surface area contributed by atoms with E-state index < -0.39 is 0 Å². The molecule has 0 bridgehead atoms. The molecule has 0 unspecified atom stereocenters. The molecular weight excluding hydrogens is 356 g/mol. The van der Waals surface area contributed by atoms with Crippen LogP contribution in [0.25, 0.3) is 0 Å². The van der Waals surface area contributed by atoms with E-state index in [4.69, 9.17) is 4.74 Å². The van der Waals surface area contributed by atoms with Gasteiger partial charge in [0.05, 0.1) is 7.11 Å². The van der Waals surface area contributed by atoms with E-state index in [1.54, 1.807) is 7.11 Å². The third-order valence-electron chi connectivity index (χ3n) is 7.41. The Morgan fingerprint density at radius 1 is 1.00 bits per heavy atom. The van der Waals surface area contributed by atoms with Crippen molar-refractivity contribution in [2.75, 3.05) is 25.1 Å². The molecule has 3 heterocycles. The molecule has 2 aromatic carbocycles. The van der Waals surface area contributed by atoms with Crippen LogP contribution in [0.15, 0.2) is 42.5 Å². The number of hydrogen-bond donors (Lipinski definition) is 0. The van der Waals surface area contributed by atoms with Crippen LogP contribution in [0, 0.1) is 5.92 Å². The summed E-state index contributed by atoms with van der Waals surface area (Å²) >= 11 is 0. The van der Waals surface area contributed by atoms with Gasteiger partial charge in [-0.15, -0.1) is 0 Å². The monoisotopic (exact) mass is 390 g/mol. The molecule has 3 heteroatoms. The molecule has 2 fully saturated rings. The fourth-order valence-corrected chi connectivity index (χ4v) is 5.93. The predicted molar refractivity (Wildman–Crippen MR) is 120 cm³/mol. The number of ether oxygens (including phenoxy) is 1. The summed E-state index contributed by atoms with van der Waals surface area (Å²) in [6.07, 6.45) is 3.98. The maximum Gasteiger partial charge on any atom is 0.119 e. The lowest BCUT2D eigenvalue weighted by Crippen LogP contribution is -2.43. The Morgan fingerprint density at radius 3 is 2.52 bits per heavy atom. The third-order valence-corrected chi connectivity index (χ3v) is 7.41. The molecule has 0 spiro atoms. The highest BCUT2D eigenvalue weighted by atomic mass is 16.5. The second-order valence-corrected chi connectivity index (χ2v) is 10.1. The SMILES string of the molecule is COc1ccc2c(c1)[C@H]1[C@H](CCN1Cc1ccc(C(C)(C)C)cc1)[C@H]1CCCN21. The van der Waals surface area contributed by atoms with Crippen molar-refractivity contribution in [1.29, 1.82) is 0 Å². The lowest BCUT2D eigenvalue weighted by molar-refractivity contribution is 0.199. The molecule has 0 radical (unpaired) electrons. The van der Waals surface area contributed by atoms with Gasteiger partial charge in [-0.1, -0.05) is 45.0 Å². The van der Waals surface area contributed by atoms with Crippen molar-refractivity contribution in [2.24, 2.45) is 5.92 Å². The summed E-state index contributed by atoms with van der Waals surface area (Å²) in [5, 5.41) is 0. The minimum atomic E-state index is 0.210. The highest BCUT2D eigenvalue weighted by molar-refractivity contribution is 5.62. The maximum atomic E-state index is 5.60.